The average molecular weight is 424 g/mol. The Hall–Kier alpha value is -3.10. The van der Waals surface area contributed by atoms with Gasteiger partial charge in [-0.3, -0.25) is 0 Å². The van der Waals surface area contributed by atoms with Gasteiger partial charge in [-0.2, -0.15) is 0 Å². The first-order valence-electron chi connectivity index (χ1n) is 9.32. The zero-order valence-electron chi connectivity index (χ0n) is 15.2. The zero-order chi connectivity index (χ0) is 18.9. The first-order valence-corrected chi connectivity index (χ1v) is 10.1. The van der Waals surface area contributed by atoms with Crippen LogP contribution in [0, 0.1) is 0 Å². The summed E-state index contributed by atoms with van der Waals surface area (Å²) in [6.45, 7) is 0. The van der Waals surface area contributed by atoms with Crippen LogP contribution < -0.4 is 0 Å². The molecule has 0 aliphatic carbocycles. The highest BCUT2D eigenvalue weighted by Gasteiger charge is 2.11. The number of aromatic nitrogens is 1. The highest BCUT2D eigenvalue weighted by molar-refractivity contribution is 9.10. The Kier molecular flexibility index (Phi) is 4.34. The first-order chi connectivity index (χ1) is 13.8. The number of benzene rings is 4. The van der Waals surface area contributed by atoms with Crippen molar-refractivity contribution < 1.29 is 0 Å². The maximum absolute atomic E-state index is 3.49. The van der Waals surface area contributed by atoms with Gasteiger partial charge in [0.15, 0.2) is 0 Å². The smallest absolute Gasteiger partial charge is 0.0541 e. The van der Waals surface area contributed by atoms with Gasteiger partial charge in [0.25, 0.3) is 0 Å². The number of para-hydroxylation sites is 2. The molecule has 0 aliphatic rings. The summed E-state index contributed by atoms with van der Waals surface area (Å²) in [6.07, 6.45) is 4.33. The number of hydrogen-bond donors (Lipinski definition) is 0. The van der Waals surface area contributed by atoms with Crippen molar-refractivity contribution in [3.8, 4) is 5.69 Å². The molecule has 0 saturated heterocycles. The Bertz CT molecular complexity index is 1300. The molecule has 4 aromatic carbocycles. The highest BCUT2D eigenvalue weighted by atomic mass is 79.9. The van der Waals surface area contributed by atoms with E-state index in [4.69, 9.17) is 0 Å². The van der Waals surface area contributed by atoms with Crippen molar-refractivity contribution in [2.75, 3.05) is 0 Å². The molecule has 2 heteroatoms. The van der Waals surface area contributed by atoms with Crippen LogP contribution in [0.25, 0.3) is 39.6 Å². The van der Waals surface area contributed by atoms with Gasteiger partial charge in [0.1, 0.15) is 0 Å². The summed E-state index contributed by atoms with van der Waals surface area (Å²) in [4.78, 5) is 0. The fourth-order valence-corrected chi connectivity index (χ4v) is 3.98. The van der Waals surface area contributed by atoms with Crippen molar-refractivity contribution >= 4 is 49.9 Å². The molecule has 28 heavy (non-hydrogen) atoms. The maximum atomic E-state index is 3.49. The van der Waals surface area contributed by atoms with Crippen molar-refractivity contribution in [2.24, 2.45) is 0 Å². The summed E-state index contributed by atoms with van der Waals surface area (Å²) >= 11 is 3.49. The summed E-state index contributed by atoms with van der Waals surface area (Å²) in [7, 11) is 0. The van der Waals surface area contributed by atoms with E-state index in [1.165, 1.54) is 38.6 Å². The van der Waals surface area contributed by atoms with Crippen LogP contribution in [-0.2, 0) is 0 Å². The van der Waals surface area contributed by atoms with E-state index < -0.39 is 0 Å². The second-order valence-electron chi connectivity index (χ2n) is 6.85. The molecule has 0 aliphatic heterocycles. The second-order valence-corrected chi connectivity index (χ2v) is 7.77. The molecule has 5 aromatic rings. The molecule has 0 radical (unpaired) electrons. The molecule has 0 unspecified atom stereocenters. The van der Waals surface area contributed by atoms with Gasteiger partial charge in [0.05, 0.1) is 11.0 Å². The van der Waals surface area contributed by atoms with Crippen LogP contribution in [0.3, 0.4) is 0 Å². The van der Waals surface area contributed by atoms with Gasteiger partial charge < -0.3 is 4.57 Å². The Morgan fingerprint density at radius 3 is 2.04 bits per heavy atom. The van der Waals surface area contributed by atoms with Crippen molar-refractivity contribution in [2.45, 2.75) is 0 Å². The quantitative estimate of drug-likeness (QED) is 0.261. The molecule has 0 amide bonds. The lowest BCUT2D eigenvalue weighted by Crippen LogP contribution is -1.92. The third-order valence-corrected chi connectivity index (χ3v) is 5.58. The van der Waals surface area contributed by atoms with Gasteiger partial charge >= 0.3 is 0 Å². The van der Waals surface area contributed by atoms with Gasteiger partial charge in [0.2, 0.25) is 0 Å². The molecule has 0 N–H and O–H groups in total. The lowest BCUT2D eigenvalue weighted by molar-refractivity contribution is 1.18. The molecular formula is C26H18BrN. The normalized spacial score (nSPS) is 11.6. The molecule has 134 valence electrons. The molecule has 1 aromatic heterocycles. The summed E-state index contributed by atoms with van der Waals surface area (Å²) in [6, 6.07) is 34.2. The topological polar surface area (TPSA) is 4.93 Å². The second kappa shape index (κ2) is 7.14. The van der Waals surface area contributed by atoms with Crippen LogP contribution >= 0.6 is 15.9 Å². The fourth-order valence-electron chi connectivity index (χ4n) is 3.72. The van der Waals surface area contributed by atoms with E-state index in [1.54, 1.807) is 0 Å². The lowest BCUT2D eigenvalue weighted by atomic mass is 10.1. The Balaban J connectivity index is 1.66. The van der Waals surface area contributed by atoms with E-state index in [0.717, 1.165) is 4.47 Å². The number of halogens is 1. The molecule has 0 saturated carbocycles. The maximum Gasteiger partial charge on any atom is 0.0541 e. The SMILES string of the molecule is Brc1ccc(C=Cc2ccc3c(c2)c2ccccc2n3-c2ccccc2)cc1. The van der Waals surface area contributed by atoms with E-state index in [1.807, 2.05) is 0 Å². The van der Waals surface area contributed by atoms with E-state index in [9.17, 15) is 0 Å². The van der Waals surface area contributed by atoms with Crippen LogP contribution in [0.5, 0.6) is 0 Å². The van der Waals surface area contributed by atoms with Crippen LogP contribution in [-0.4, -0.2) is 4.57 Å². The average Bonchev–Trinajstić information content (AvgIpc) is 3.08. The molecule has 0 atom stereocenters. The molecule has 1 nitrogen and oxygen atoms in total. The minimum absolute atomic E-state index is 1.10. The number of hydrogen-bond acceptors (Lipinski definition) is 0. The Morgan fingerprint density at radius 1 is 0.571 bits per heavy atom. The molecule has 5 rings (SSSR count). The molecule has 0 bridgehead atoms. The Labute approximate surface area is 172 Å². The predicted molar refractivity (Wildman–Crippen MR) is 124 cm³/mol. The molecule has 1 heterocycles. The van der Waals surface area contributed by atoms with Crippen molar-refractivity contribution in [1.82, 2.24) is 4.57 Å². The number of fused-ring (bicyclic) bond motifs is 3. The van der Waals surface area contributed by atoms with E-state index in [2.05, 4.69) is 130 Å². The van der Waals surface area contributed by atoms with Crippen LogP contribution in [0.15, 0.2) is 102 Å². The van der Waals surface area contributed by atoms with Crippen molar-refractivity contribution in [1.29, 1.82) is 0 Å². The van der Waals surface area contributed by atoms with E-state index in [-0.39, 0.29) is 0 Å². The lowest BCUT2D eigenvalue weighted by Gasteiger charge is -2.07. The first kappa shape index (κ1) is 17.0. The van der Waals surface area contributed by atoms with Gasteiger partial charge in [0, 0.05) is 20.9 Å². The summed E-state index contributed by atoms with van der Waals surface area (Å²) in [5.74, 6) is 0. The fraction of sp³-hybridized carbons (Fsp3) is 0. The monoisotopic (exact) mass is 423 g/mol. The highest BCUT2D eigenvalue weighted by Crippen LogP contribution is 2.32. The molecule has 0 fully saturated rings. The van der Waals surface area contributed by atoms with Gasteiger partial charge in [-0.05, 0) is 53.6 Å². The largest absolute Gasteiger partial charge is 0.309 e. The Morgan fingerprint density at radius 2 is 1.21 bits per heavy atom. The number of rotatable bonds is 3. The third kappa shape index (κ3) is 3.06. The van der Waals surface area contributed by atoms with Gasteiger partial charge in [-0.25, -0.2) is 0 Å². The van der Waals surface area contributed by atoms with E-state index in [0.29, 0.717) is 0 Å². The summed E-state index contributed by atoms with van der Waals surface area (Å²) in [5, 5.41) is 2.55. The third-order valence-electron chi connectivity index (χ3n) is 5.05. The van der Waals surface area contributed by atoms with Gasteiger partial charge in [-0.15, -0.1) is 0 Å². The standard InChI is InChI=1S/C26H18BrN/c27-21-15-12-19(13-16-21)10-11-20-14-17-26-24(18-20)23-8-4-5-9-25(23)28(26)22-6-2-1-3-7-22/h1-18H. The van der Waals surface area contributed by atoms with Gasteiger partial charge in [-0.1, -0.05) is 82.7 Å². The van der Waals surface area contributed by atoms with Crippen LogP contribution in [0.4, 0.5) is 0 Å². The summed E-state index contributed by atoms with van der Waals surface area (Å²) in [5.41, 5.74) is 6.04. The minimum atomic E-state index is 1.10. The predicted octanol–water partition coefficient (Wildman–Crippen LogP) is 7.72. The summed E-state index contributed by atoms with van der Waals surface area (Å²) < 4.78 is 3.44. The minimum Gasteiger partial charge on any atom is -0.309 e. The van der Waals surface area contributed by atoms with Crippen molar-refractivity contribution in [3.63, 3.8) is 0 Å². The number of nitrogens with zero attached hydrogens (tertiary/aromatic N) is 1. The molecular weight excluding hydrogens is 406 g/mol. The zero-order valence-corrected chi connectivity index (χ0v) is 16.8. The van der Waals surface area contributed by atoms with Crippen LogP contribution in [0.2, 0.25) is 0 Å². The van der Waals surface area contributed by atoms with Crippen LogP contribution in [0.1, 0.15) is 11.1 Å². The van der Waals surface area contributed by atoms with Crippen molar-refractivity contribution in [3.05, 3.63) is 113 Å². The molecule has 0 spiro atoms. The van der Waals surface area contributed by atoms with E-state index >= 15 is 0 Å².